The number of benzene rings is 1. The van der Waals surface area contributed by atoms with Gasteiger partial charge in [-0.15, -0.1) is 0 Å². The van der Waals surface area contributed by atoms with Gasteiger partial charge >= 0.3 is 0 Å². The van der Waals surface area contributed by atoms with Crippen LogP contribution in [0.2, 0.25) is 0 Å². The van der Waals surface area contributed by atoms with Gasteiger partial charge in [0.25, 0.3) is 0 Å². The summed E-state index contributed by atoms with van der Waals surface area (Å²) in [5.74, 6) is 0. The number of likely N-dealkylation sites (N-methyl/N-ethyl adjacent to an activating group) is 1. The van der Waals surface area contributed by atoms with Crippen molar-refractivity contribution in [2.45, 2.75) is 6.92 Å². The molecule has 0 saturated carbocycles. The predicted molar refractivity (Wildman–Crippen MR) is 66.7 cm³/mol. The molecule has 2 heteroatoms. The van der Waals surface area contributed by atoms with Gasteiger partial charge in [0.05, 0.1) is 0 Å². The largest absolute Gasteiger partial charge is 0.345 e. The molecule has 0 amide bonds. The molecule has 1 nitrogen and oxygen atoms in total. The summed E-state index contributed by atoms with van der Waals surface area (Å²) in [5, 5.41) is 1.74. The molecule has 0 atom stereocenters. The van der Waals surface area contributed by atoms with Crippen molar-refractivity contribution < 1.29 is 0 Å². The van der Waals surface area contributed by atoms with E-state index < -0.39 is 0 Å². The van der Waals surface area contributed by atoms with Crippen LogP contribution in [0, 0.1) is 0 Å². The van der Waals surface area contributed by atoms with Crippen molar-refractivity contribution in [1.29, 1.82) is 0 Å². The first kappa shape index (κ1) is 10.9. The minimum atomic E-state index is 1.13. The van der Waals surface area contributed by atoms with E-state index in [-0.39, 0.29) is 0 Å². The molecular weight excluding hydrogens is 190 g/mol. The van der Waals surface area contributed by atoms with Crippen LogP contribution in [-0.2, 0) is 0 Å². The lowest BCUT2D eigenvalue weighted by Crippen LogP contribution is -2.14. The molecule has 74 valence electrons. The zero-order chi connectivity index (χ0) is 10.4. The summed E-state index contributed by atoms with van der Waals surface area (Å²) in [6.07, 6.45) is 4.02. The van der Waals surface area contributed by atoms with Crippen molar-refractivity contribution in [2.24, 2.45) is 0 Å². The fraction of sp³-hybridized carbons (Fsp3) is 0.167. The lowest BCUT2D eigenvalue weighted by atomic mass is 10.2. The van der Waals surface area contributed by atoms with Gasteiger partial charge in [-0.05, 0) is 30.5 Å². The second kappa shape index (κ2) is 5.55. The van der Waals surface area contributed by atoms with Gasteiger partial charge in [0.1, 0.15) is 0 Å². The Labute approximate surface area is 91.2 Å². The molecule has 1 aromatic rings. The Morgan fingerprint density at radius 3 is 2.43 bits per heavy atom. The molecular formula is C12H15NS. The van der Waals surface area contributed by atoms with Crippen molar-refractivity contribution in [3.8, 4) is 0 Å². The first-order valence-electron chi connectivity index (χ1n) is 4.55. The van der Waals surface area contributed by atoms with Gasteiger partial charge in [0, 0.05) is 18.4 Å². The number of thiol groups is 1. The minimum Gasteiger partial charge on any atom is -0.345 e. The molecule has 0 aliphatic rings. The van der Waals surface area contributed by atoms with Crippen LogP contribution in [-0.4, -0.2) is 7.05 Å². The zero-order valence-corrected chi connectivity index (χ0v) is 9.41. The van der Waals surface area contributed by atoms with Crippen LogP contribution >= 0.6 is 12.6 Å². The maximum atomic E-state index is 4.07. The third-order valence-corrected chi connectivity index (χ3v) is 2.22. The summed E-state index contributed by atoms with van der Waals surface area (Å²) in [4.78, 5) is 2.12. The molecule has 0 aliphatic heterocycles. The highest BCUT2D eigenvalue weighted by molar-refractivity contribution is 7.83. The van der Waals surface area contributed by atoms with E-state index >= 15 is 0 Å². The zero-order valence-electron chi connectivity index (χ0n) is 8.51. The molecule has 0 fully saturated rings. The highest BCUT2D eigenvalue weighted by Gasteiger charge is 2.01. The monoisotopic (exact) mass is 205 g/mol. The van der Waals surface area contributed by atoms with E-state index in [1.807, 2.05) is 38.2 Å². The minimum absolute atomic E-state index is 1.13. The number of hydrogen-bond donors (Lipinski definition) is 1. The van der Waals surface area contributed by atoms with Crippen LogP contribution in [0.4, 0.5) is 5.69 Å². The Morgan fingerprint density at radius 2 is 1.93 bits per heavy atom. The molecule has 14 heavy (non-hydrogen) atoms. The van der Waals surface area contributed by atoms with Crippen molar-refractivity contribution >= 4 is 18.3 Å². The molecule has 1 rings (SSSR count). The van der Waals surface area contributed by atoms with Gasteiger partial charge in [-0.1, -0.05) is 24.3 Å². The fourth-order valence-corrected chi connectivity index (χ4v) is 1.43. The van der Waals surface area contributed by atoms with Gasteiger partial charge in [-0.2, -0.15) is 12.6 Å². The molecule has 0 radical (unpaired) electrons. The van der Waals surface area contributed by atoms with E-state index in [0.717, 1.165) is 5.70 Å². The molecule has 0 aromatic heterocycles. The first-order chi connectivity index (χ1) is 6.79. The van der Waals surface area contributed by atoms with Crippen LogP contribution < -0.4 is 4.90 Å². The summed E-state index contributed by atoms with van der Waals surface area (Å²) >= 11 is 4.07. The summed E-state index contributed by atoms with van der Waals surface area (Å²) in [6, 6.07) is 10.2. The van der Waals surface area contributed by atoms with Crippen molar-refractivity contribution in [3.05, 3.63) is 53.6 Å². The smallest absolute Gasteiger partial charge is 0.0407 e. The number of hydrogen-bond acceptors (Lipinski definition) is 2. The van der Waals surface area contributed by atoms with E-state index in [1.54, 1.807) is 5.41 Å². The summed E-state index contributed by atoms with van der Waals surface area (Å²) in [5.41, 5.74) is 2.30. The van der Waals surface area contributed by atoms with Gasteiger partial charge in [0.15, 0.2) is 0 Å². The Kier molecular flexibility index (Phi) is 4.33. The lowest BCUT2D eigenvalue weighted by Gasteiger charge is -2.20. The summed E-state index contributed by atoms with van der Waals surface area (Å²) in [7, 11) is 2.04. The van der Waals surface area contributed by atoms with Gasteiger partial charge in [-0.25, -0.2) is 0 Å². The lowest BCUT2D eigenvalue weighted by molar-refractivity contribution is 1.13. The molecule has 1 aromatic carbocycles. The maximum absolute atomic E-state index is 4.07. The Hall–Kier alpha value is -1.15. The average molecular weight is 205 g/mol. The van der Waals surface area contributed by atoms with E-state index in [2.05, 4.69) is 35.7 Å². The molecule has 0 heterocycles. The van der Waals surface area contributed by atoms with Crippen molar-refractivity contribution in [1.82, 2.24) is 0 Å². The van der Waals surface area contributed by atoms with Crippen molar-refractivity contribution in [2.75, 3.05) is 11.9 Å². The highest BCUT2D eigenvalue weighted by atomic mass is 32.1. The number of rotatable bonds is 3. The molecule has 0 N–H and O–H groups in total. The molecule has 0 unspecified atom stereocenters. The van der Waals surface area contributed by atoms with E-state index in [9.17, 15) is 0 Å². The molecule has 0 bridgehead atoms. The first-order valence-corrected chi connectivity index (χ1v) is 5.07. The van der Waals surface area contributed by atoms with Crippen LogP contribution in [0.5, 0.6) is 0 Å². The maximum Gasteiger partial charge on any atom is 0.0407 e. The third-order valence-electron chi connectivity index (χ3n) is 2.07. The van der Waals surface area contributed by atoms with Crippen molar-refractivity contribution in [3.63, 3.8) is 0 Å². The number of allylic oxidation sites excluding steroid dienone is 2. The Morgan fingerprint density at radius 1 is 1.29 bits per heavy atom. The molecule has 0 saturated heterocycles. The second-order valence-corrected chi connectivity index (χ2v) is 3.22. The molecule has 0 aliphatic carbocycles. The van der Waals surface area contributed by atoms with E-state index in [0.29, 0.717) is 0 Å². The predicted octanol–water partition coefficient (Wildman–Crippen LogP) is 3.47. The van der Waals surface area contributed by atoms with Gasteiger partial charge in [0.2, 0.25) is 0 Å². The Balaban J connectivity index is 2.89. The van der Waals surface area contributed by atoms with Crippen LogP contribution in [0.1, 0.15) is 6.92 Å². The third kappa shape index (κ3) is 2.67. The SMILES string of the molecule is C/C=C(\C=C/S)N(C)c1ccccc1. The number of nitrogens with zero attached hydrogens (tertiary/aromatic N) is 1. The van der Waals surface area contributed by atoms with Crippen LogP contribution in [0.15, 0.2) is 53.6 Å². The standard InChI is InChI=1S/C12H15NS/c1-3-11(9-10-14)13(2)12-7-5-4-6-8-12/h3-10,14H,1-2H3/b10-9-,11-3+. The van der Waals surface area contributed by atoms with Gasteiger partial charge < -0.3 is 4.90 Å². The van der Waals surface area contributed by atoms with E-state index in [1.165, 1.54) is 5.69 Å². The quantitative estimate of drug-likeness (QED) is 0.584. The highest BCUT2D eigenvalue weighted by Crippen LogP contribution is 2.17. The Bertz CT molecular complexity index is 327. The van der Waals surface area contributed by atoms with Crippen LogP contribution in [0.25, 0.3) is 0 Å². The number of anilines is 1. The average Bonchev–Trinajstić information content (AvgIpc) is 2.26. The van der Waals surface area contributed by atoms with Gasteiger partial charge in [-0.3, -0.25) is 0 Å². The topological polar surface area (TPSA) is 3.24 Å². The molecule has 0 spiro atoms. The second-order valence-electron chi connectivity index (χ2n) is 2.92. The summed E-state index contributed by atoms with van der Waals surface area (Å²) < 4.78 is 0. The normalized spacial score (nSPS) is 12.1. The fourth-order valence-electron chi connectivity index (χ4n) is 1.28. The van der Waals surface area contributed by atoms with Crippen LogP contribution in [0.3, 0.4) is 0 Å². The number of para-hydroxylation sites is 1. The summed E-state index contributed by atoms with van der Waals surface area (Å²) in [6.45, 7) is 2.02. The van der Waals surface area contributed by atoms with E-state index in [4.69, 9.17) is 0 Å².